The van der Waals surface area contributed by atoms with Crippen LogP contribution in [-0.2, 0) is 10.0 Å². The van der Waals surface area contributed by atoms with Crippen LogP contribution in [0.4, 0.5) is 5.88 Å². The molecule has 2 aromatic heterocycles. The molecule has 0 aliphatic carbocycles. The van der Waals surface area contributed by atoms with Gasteiger partial charge in [-0.05, 0) is 24.3 Å². The Balaban J connectivity index is 1.44. The number of aromatic nitrogens is 4. The Morgan fingerprint density at radius 3 is 2.44 bits per heavy atom. The van der Waals surface area contributed by atoms with E-state index in [0.717, 1.165) is 0 Å². The summed E-state index contributed by atoms with van der Waals surface area (Å²) in [4.78, 5) is 21.1. The van der Waals surface area contributed by atoms with Gasteiger partial charge < -0.3 is 0 Å². The van der Waals surface area contributed by atoms with Gasteiger partial charge in [0, 0.05) is 42.1 Å². The maximum atomic E-state index is 12.9. The van der Waals surface area contributed by atoms with E-state index in [9.17, 15) is 13.2 Å². The minimum Gasteiger partial charge on any atom is -0.281 e. The number of carbonyl (C=O) groups excluding carboxylic acids is 1. The highest BCUT2D eigenvalue weighted by Gasteiger charge is 2.36. The normalized spacial score (nSPS) is 15.0. The van der Waals surface area contributed by atoms with Crippen LogP contribution >= 0.6 is 34.8 Å². The number of anilines is 1. The molecule has 0 radical (unpaired) electrons. The lowest BCUT2D eigenvalue weighted by Gasteiger charge is -2.29. The Kier molecular flexibility index (Phi) is 6.49. The van der Waals surface area contributed by atoms with Crippen molar-refractivity contribution < 1.29 is 22.5 Å². The van der Waals surface area contributed by atoms with Crippen LogP contribution in [0, 0.1) is 0 Å². The standard InChI is InChI=1S/C17H14Cl3N7O4S/c18-11-2-3-13(12(19)10-11)32(29,30)26-8-6-25(7-9-26)27-14(20)17(31-24-27)23-16(28)15-21-4-1-5-22-15/h1-5,10H,6-9H2/p+1. The van der Waals surface area contributed by atoms with Gasteiger partial charge in [-0.2, -0.15) is 4.31 Å². The predicted octanol–water partition coefficient (Wildman–Crippen LogP) is 1.61. The molecule has 1 amide bonds. The van der Waals surface area contributed by atoms with E-state index in [2.05, 4.69) is 20.6 Å². The molecule has 0 bridgehead atoms. The average molecular weight is 520 g/mol. The second-order valence-corrected chi connectivity index (χ2v) is 9.65. The number of amides is 1. The van der Waals surface area contributed by atoms with Gasteiger partial charge in [-0.1, -0.05) is 23.2 Å². The van der Waals surface area contributed by atoms with Crippen LogP contribution in [0.25, 0.3) is 0 Å². The predicted molar refractivity (Wildman–Crippen MR) is 115 cm³/mol. The molecule has 15 heteroatoms. The van der Waals surface area contributed by atoms with Gasteiger partial charge in [0.05, 0.1) is 22.9 Å². The second-order valence-electron chi connectivity index (χ2n) is 6.54. The maximum absolute atomic E-state index is 12.9. The van der Waals surface area contributed by atoms with E-state index in [4.69, 9.17) is 39.3 Å². The van der Waals surface area contributed by atoms with Gasteiger partial charge in [-0.15, -0.1) is 5.01 Å². The number of nitrogens with one attached hydrogen (secondary N) is 1. The molecule has 3 aromatic rings. The topological polar surface area (TPSA) is 125 Å². The number of rotatable bonds is 5. The Morgan fingerprint density at radius 2 is 1.78 bits per heavy atom. The van der Waals surface area contributed by atoms with Crippen LogP contribution in [0.3, 0.4) is 0 Å². The summed E-state index contributed by atoms with van der Waals surface area (Å²) in [6.45, 7) is 0.821. The van der Waals surface area contributed by atoms with Crippen molar-refractivity contribution in [3.63, 3.8) is 0 Å². The monoisotopic (exact) mass is 518 g/mol. The molecule has 1 N–H and O–H groups in total. The molecule has 1 aliphatic heterocycles. The Hall–Kier alpha value is -2.51. The summed E-state index contributed by atoms with van der Waals surface area (Å²) < 4.78 is 32.3. The van der Waals surface area contributed by atoms with Gasteiger partial charge in [0.15, 0.2) is 0 Å². The molecule has 11 nitrogen and oxygen atoms in total. The van der Waals surface area contributed by atoms with Crippen molar-refractivity contribution in [2.75, 3.05) is 36.5 Å². The second kappa shape index (κ2) is 9.16. The molecule has 32 heavy (non-hydrogen) atoms. The summed E-state index contributed by atoms with van der Waals surface area (Å²) in [7, 11) is -3.81. The van der Waals surface area contributed by atoms with Gasteiger partial charge in [0.2, 0.25) is 21.1 Å². The fourth-order valence-electron chi connectivity index (χ4n) is 3.00. The van der Waals surface area contributed by atoms with Crippen molar-refractivity contribution in [3.05, 3.63) is 57.7 Å². The number of hydrogen-bond acceptors (Lipinski definition) is 8. The molecule has 0 atom stereocenters. The fourth-order valence-corrected chi connectivity index (χ4v) is 5.39. The van der Waals surface area contributed by atoms with Crippen LogP contribution in [0.1, 0.15) is 10.6 Å². The first-order chi connectivity index (χ1) is 15.3. The van der Waals surface area contributed by atoms with Crippen LogP contribution in [-0.4, -0.2) is 60.0 Å². The minimum absolute atomic E-state index is 0.00586. The summed E-state index contributed by atoms with van der Waals surface area (Å²) in [6, 6.07) is 5.80. The highest BCUT2D eigenvalue weighted by Crippen LogP contribution is 2.28. The zero-order valence-corrected chi connectivity index (χ0v) is 19.2. The minimum atomic E-state index is -3.81. The number of carbonyl (C=O) groups is 1. The van der Waals surface area contributed by atoms with Crippen LogP contribution < -0.4 is 15.1 Å². The van der Waals surface area contributed by atoms with Crippen molar-refractivity contribution in [1.82, 2.24) is 19.5 Å². The third-order valence-electron chi connectivity index (χ3n) is 4.56. The van der Waals surface area contributed by atoms with E-state index in [1.165, 1.54) is 39.7 Å². The largest absolute Gasteiger partial charge is 0.400 e. The zero-order chi connectivity index (χ0) is 22.9. The average Bonchev–Trinajstić information content (AvgIpc) is 3.14. The molecular weight excluding hydrogens is 505 g/mol. The summed E-state index contributed by atoms with van der Waals surface area (Å²) >= 11 is 18.2. The molecule has 0 unspecified atom stereocenters. The third kappa shape index (κ3) is 4.50. The van der Waals surface area contributed by atoms with E-state index < -0.39 is 15.9 Å². The number of sulfonamides is 1. The Labute approximate surface area is 197 Å². The number of nitrogens with zero attached hydrogens (tertiary/aromatic N) is 6. The molecule has 1 saturated heterocycles. The molecule has 1 aromatic carbocycles. The fraction of sp³-hybridized carbons (Fsp3) is 0.235. The first kappa shape index (κ1) is 22.7. The maximum Gasteiger partial charge on any atom is 0.400 e. The highest BCUT2D eigenvalue weighted by atomic mass is 35.5. The molecule has 0 saturated carbocycles. The van der Waals surface area contributed by atoms with Crippen molar-refractivity contribution in [3.8, 4) is 0 Å². The first-order valence-electron chi connectivity index (χ1n) is 9.13. The molecule has 0 spiro atoms. The van der Waals surface area contributed by atoms with Gasteiger partial charge >= 0.3 is 11.0 Å². The number of halogens is 3. The zero-order valence-electron chi connectivity index (χ0n) is 16.2. The molecule has 1 fully saturated rings. The SMILES string of the molecule is O=C(Nc1on[n+](N2CCN(S(=O)(=O)c3ccc(Cl)cc3Cl)CC2)c1Cl)c1ncccn1. The van der Waals surface area contributed by atoms with Crippen LogP contribution in [0.5, 0.6) is 0 Å². The number of hydrogen-bond donors (Lipinski definition) is 1. The van der Waals surface area contributed by atoms with E-state index in [1.807, 2.05) is 0 Å². The van der Waals surface area contributed by atoms with Crippen molar-refractivity contribution >= 4 is 56.6 Å². The lowest BCUT2D eigenvalue weighted by Crippen LogP contribution is -2.66. The van der Waals surface area contributed by atoms with Gasteiger partial charge in [0.1, 0.15) is 4.90 Å². The van der Waals surface area contributed by atoms with Gasteiger partial charge in [0.25, 0.3) is 5.91 Å². The van der Waals surface area contributed by atoms with E-state index in [1.54, 1.807) is 11.1 Å². The summed E-state index contributed by atoms with van der Waals surface area (Å²) in [5.74, 6) is -0.773. The molecule has 3 heterocycles. The Bertz CT molecular complexity index is 1250. The lowest BCUT2D eigenvalue weighted by atomic mass is 10.4. The molecule has 4 rings (SSSR count). The quantitative estimate of drug-likeness (QED) is 0.504. The first-order valence-corrected chi connectivity index (χ1v) is 11.7. The van der Waals surface area contributed by atoms with E-state index in [0.29, 0.717) is 5.02 Å². The van der Waals surface area contributed by atoms with E-state index >= 15 is 0 Å². The van der Waals surface area contributed by atoms with Crippen molar-refractivity contribution in [1.29, 1.82) is 0 Å². The lowest BCUT2D eigenvalue weighted by molar-refractivity contribution is -0.757. The summed E-state index contributed by atoms with van der Waals surface area (Å²) in [6.07, 6.45) is 2.85. The van der Waals surface area contributed by atoms with Gasteiger partial charge in [-0.25, -0.2) is 18.4 Å². The van der Waals surface area contributed by atoms with E-state index in [-0.39, 0.29) is 53.0 Å². The summed E-state index contributed by atoms with van der Waals surface area (Å²) in [5, 5.41) is 8.36. The highest BCUT2D eigenvalue weighted by molar-refractivity contribution is 7.89. The number of piperazine rings is 1. The van der Waals surface area contributed by atoms with Crippen LogP contribution in [0.2, 0.25) is 15.2 Å². The van der Waals surface area contributed by atoms with Crippen LogP contribution in [0.15, 0.2) is 46.1 Å². The number of benzene rings is 1. The molecule has 168 valence electrons. The molecular formula is C17H15Cl3N7O4S+. The third-order valence-corrected chi connectivity index (χ3v) is 7.50. The Morgan fingerprint density at radius 1 is 1.09 bits per heavy atom. The molecule has 1 aliphatic rings. The smallest absolute Gasteiger partial charge is 0.281 e. The van der Waals surface area contributed by atoms with Gasteiger partial charge in [-0.3, -0.25) is 14.6 Å². The van der Waals surface area contributed by atoms with Crippen molar-refractivity contribution in [2.45, 2.75) is 4.90 Å². The summed E-state index contributed by atoms with van der Waals surface area (Å²) in [5.41, 5.74) is 0. The van der Waals surface area contributed by atoms with Crippen molar-refractivity contribution in [2.24, 2.45) is 0 Å².